The maximum Gasteiger partial charge on any atom is 0.120 e. The van der Waals surface area contributed by atoms with Gasteiger partial charge in [-0.2, -0.15) is 5.26 Å². The Bertz CT molecular complexity index is 792. The summed E-state index contributed by atoms with van der Waals surface area (Å²) in [7, 11) is 0. The monoisotopic (exact) mass is 364 g/mol. The summed E-state index contributed by atoms with van der Waals surface area (Å²) in [6, 6.07) is 15.1. The molecule has 0 heterocycles. The van der Waals surface area contributed by atoms with Crippen molar-refractivity contribution in [1.82, 2.24) is 5.32 Å². The molecule has 3 nitrogen and oxygen atoms in total. The van der Waals surface area contributed by atoms with Gasteiger partial charge in [0.15, 0.2) is 0 Å². The average Bonchev–Trinajstić information content (AvgIpc) is 2.65. The van der Waals surface area contributed by atoms with Crippen LogP contribution >= 0.6 is 0 Å². The molecule has 0 radical (unpaired) electrons. The molecule has 1 fully saturated rings. The summed E-state index contributed by atoms with van der Waals surface area (Å²) in [6.07, 6.45) is 5.75. The van der Waals surface area contributed by atoms with E-state index in [1.54, 1.807) is 0 Å². The summed E-state index contributed by atoms with van der Waals surface area (Å²) in [5.74, 6) is 1.80. The van der Waals surface area contributed by atoms with Crippen molar-refractivity contribution in [3.63, 3.8) is 0 Å². The van der Waals surface area contributed by atoms with Gasteiger partial charge in [-0.1, -0.05) is 39.0 Å². The third-order valence-corrected chi connectivity index (χ3v) is 5.82. The number of nitriles is 1. The van der Waals surface area contributed by atoms with Gasteiger partial charge in [-0.15, -0.1) is 0 Å². The fourth-order valence-corrected chi connectivity index (χ4v) is 4.07. The van der Waals surface area contributed by atoms with Gasteiger partial charge in [-0.05, 0) is 71.6 Å². The van der Waals surface area contributed by atoms with Crippen LogP contribution < -0.4 is 10.1 Å². The van der Waals surface area contributed by atoms with Crippen molar-refractivity contribution < 1.29 is 4.74 Å². The zero-order chi connectivity index (χ0) is 19.3. The van der Waals surface area contributed by atoms with E-state index in [1.807, 2.05) is 0 Å². The minimum absolute atomic E-state index is 0.352. The van der Waals surface area contributed by atoms with Crippen LogP contribution in [0.25, 0.3) is 10.8 Å². The number of ether oxygens (including phenoxy) is 1. The standard InChI is InChI=1S/C24H32N2O/c1-24(2,3)21-8-11-22(12-9-21)27-23-10-7-19-15-18(5-6-20(19)16-23)17-26-14-4-13-25/h5-7,10,15-16,21-22,26H,4,8-9,11-12,14,17H2,1-3H3. The van der Waals surface area contributed by atoms with Gasteiger partial charge < -0.3 is 10.1 Å². The third kappa shape index (κ3) is 5.47. The molecule has 0 spiro atoms. The number of benzene rings is 2. The molecule has 0 aromatic heterocycles. The second-order valence-corrected chi connectivity index (χ2v) is 8.89. The molecule has 1 aliphatic rings. The summed E-state index contributed by atoms with van der Waals surface area (Å²) < 4.78 is 6.30. The van der Waals surface area contributed by atoms with Crippen molar-refractivity contribution in [2.24, 2.45) is 11.3 Å². The van der Waals surface area contributed by atoms with Gasteiger partial charge in [-0.25, -0.2) is 0 Å². The molecule has 1 aliphatic carbocycles. The van der Waals surface area contributed by atoms with E-state index < -0.39 is 0 Å². The molecule has 0 aliphatic heterocycles. The first-order valence-corrected chi connectivity index (χ1v) is 10.2. The average molecular weight is 365 g/mol. The molecule has 1 N–H and O–H groups in total. The van der Waals surface area contributed by atoms with E-state index in [0.717, 1.165) is 37.6 Å². The predicted molar refractivity (Wildman–Crippen MR) is 112 cm³/mol. The van der Waals surface area contributed by atoms with Gasteiger partial charge in [0.05, 0.1) is 12.2 Å². The SMILES string of the molecule is CC(C)(C)C1CCC(Oc2ccc3cc(CNCCC#N)ccc3c2)CC1. The van der Waals surface area contributed by atoms with Crippen molar-refractivity contribution in [3.05, 3.63) is 42.0 Å². The molecule has 3 rings (SSSR count). The highest BCUT2D eigenvalue weighted by atomic mass is 16.5. The van der Waals surface area contributed by atoms with Gasteiger partial charge in [-0.3, -0.25) is 0 Å². The highest BCUT2D eigenvalue weighted by Crippen LogP contribution is 2.39. The van der Waals surface area contributed by atoms with Gasteiger partial charge in [0.2, 0.25) is 0 Å². The number of fused-ring (bicyclic) bond motifs is 1. The molecule has 2 aromatic carbocycles. The Labute approximate surface area is 163 Å². The molecule has 0 unspecified atom stereocenters. The second kappa shape index (κ2) is 8.76. The number of nitrogens with one attached hydrogen (secondary N) is 1. The zero-order valence-electron chi connectivity index (χ0n) is 16.9. The molecular formula is C24H32N2O. The molecule has 2 aromatic rings. The summed E-state index contributed by atoms with van der Waals surface area (Å²) in [6.45, 7) is 8.60. The summed E-state index contributed by atoms with van der Waals surface area (Å²) in [5, 5.41) is 14.3. The van der Waals surface area contributed by atoms with Crippen molar-refractivity contribution in [3.8, 4) is 11.8 Å². The Kier molecular flexibility index (Phi) is 6.39. The lowest BCUT2D eigenvalue weighted by Gasteiger charge is -2.37. The normalized spacial score (nSPS) is 20.4. The van der Waals surface area contributed by atoms with E-state index in [1.165, 1.54) is 29.2 Å². The van der Waals surface area contributed by atoms with Crippen molar-refractivity contribution in [1.29, 1.82) is 5.26 Å². The van der Waals surface area contributed by atoms with E-state index >= 15 is 0 Å². The number of nitrogens with zero attached hydrogens (tertiary/aromatic N) is 1. The molecule has 27 heavy (non-hydrogen) atoms. The van der Waals surface area contributed by atoms with E-state index in [0.29, 0.717) is 17.9 Å². The van der Waals surface area contributed by atoms with Gasteiger partial charge in [0.1, 0.15) is 5.75 Å². The first kappa shape index (κ1) is 19.7. The third-order valence-electron chi connectivity index (χ3n) is 5.82. The van der Waals surface area contributed by atoms with Crippen LogP contribution in [-0.4, -0.2) is 12.6 Å². The maximum atomic E-state index is 8.59. The lowest BCUT2D eigenvalue weighted by Crippen LogP contribution is -2.30. The Morgan fingerprint density at radius 1 is 1.04 bits per heavy atom. The van der Waals surface area contributed by atoms with E-state index in [-0.39, 0.29) is 0 Å². The van der Waals surface area contributed by atoms with E-state index in [2.05, 4.69) is 68.6 Å². The molecule has 144 valence electrons. The lowest BCUT2D eigenvalue weighted by molar-refractivity contribution is 0.0883. The van der Waals surface area contributed by atoms with E-state index in [9.17, 15) is 0 Å². The van der Waals surface area contributed by atoms with Crippen LogP contribution in [0.5, 0.6) is 5.75 Å². The number of hydrogen-bond acceptors (Lipinski definition) is 3. The molecule has 3 heteroatoms. The van der Waals surface area contributed by atoms with Gasteiger partial charge >= 0.3 is 0 Å². The summed E-state index contributed by atoms with van der Waals surface area (Å²) >= 11 is 0. The summed E-state index contributed by atoms with van der Waals surface area (Å²) in [4.78, 5) is 0. The zero-order valence-corrected chi connectivity index (χ0v) is 16.9. The second-order valence-electron chi connectivity index (χ2n) is 8.89. The molecule has 1 saturated carbocycles. The van der Waals surface area contributed by atoms with Crippen LogP contribution in [0.4, 0.5) is 0 Å². The van der Waals surface area contributed by atoms with Crippen LogP contribution in [-0.2, 0) is 6.54 Å². The summed E-state index contributed by atoms with van der Waals surface area (Å²) in [5.41, 5.74) is 1.66. The number of hydrogen-bond donors (Lipinski definition) is 1. The molecule has 0 amide bonds. The van der Waals surface area contributed by atoms with Crippen LogP contribution in [0.2, 0.25) is 0 Å². The van der Waals surface area contributed by atoms with E-state index in [4.69, 9.17) is 10.00 Å². The first-order chi connectivity index (χ1) is 13.0. The lowest BCUT2D eigenvalue weighted by atomic mass is 9.72. The predicted octanol–water partition coefficient (Wildman–Crippen LogP) is 5.83. The Hall–Kier alpha value is -2.05. The largest absolute Gasteiger partial charge is 0.490 e. The fourth-order valence-electron chi connectivity index (χ4n) is 4.07. The highest BCUT2D eigenvalue weighted by Gasteiger charge is 2.30. The molecule has 0 saturated heterocycles. The van der Waals surface area contributed by atoms with Crippen LogP contribution in [0.1, 0.15) is 58.4 Å². The van der Waals surface area contributed by atoms with Crippen molar-refractivity contribution >= 4 is 10.8 Å². The highest BCUT2D eigenvalue weighted by molar-refractivity contribution is 5.84. The minimum atomic E-state index is 0.352. The van der Waals surface area contributed by atoms with Crippen LogP contribution in [0.3, 0.4) is 0 Å². The molecule has 0 atom stereocenters. The maximum absolute atomic E-state index is 8.59. The first-order valence-electron chi connectivity index (χ1n) is 10.2. The Morgan fingerprint density at radius 2 is 1.74 bits per heavy atom. The minimum Gasteiger partial charge on any atom is -0.490 e. The van der Waals surface area contributed by atoms with Gasteiger partial charge in [0.25, 0.3) is 0 Å². The number of rotatable bonds is 6. The van der Waals surface area contributed by atoms with Crippen molar-refractivity contribution in [2.75, 3.05) is 6.54 Å². The van der Waals surface area contributed by atoms with Gasteiger partial charge in [0, 0.05) is 19.5 Å². The van der Waals surface area contributed by atoms with Crippen LogP contribution in [0, 0.1) is 22.7 Å². The smallest absolute Gasteiger partial charge is 0.120 e. The van der Waals surface area contributed by atoms with Crippen molar-refractivity contribution in [2.45, 2.75) is 65.5 Å². The Balaban J connectivity index is 1.58. The fraction of sp³-hybridized carbons (Fsp3) is 0.542. The Morgan fingerprint density at radius 3 is 2.44 bits per heavy atom. The molecule has 0 bridgehead atoms. The topological polar surface area (TPSA) is 45.0 Å². The quantitative estimate of drug-likeness (QED) is 0.656. The molecular weight excluding hydrogens is 332 g/mol. The van der Waals surface area contributed by atoms with Crippen LogP contribution in [0.15, 0.2) is 36.4 Å².